The van der Waals surface area contributed by atoms with Crippen LogP contribution in [0.25, 0.3) is 0 Å². The van der Waals surface area contributed by atoms with E-state index in [9.17, 15) is 14.4 Å². The van der Waals surface area contributed by atoms with Crippen LogP contribution in [0.4, 0.5) is 5.69 Å². The van der Waals surface area contributed by atoms with E-state index in [1.54, 1.807) is 0 Å². The minimum absolute atomic E-state index is 0.115. The highest BCUT2D eigenvalue weighted by Crippen LogP contribution is 2.22. The van der Waals surface area contributed by atoms with Gasteiger partial charge in [-0.05, 0) is 37.0 Å². The van der Waals surface area contributed by atoms with Gasteiger partial charge in [0, 0.05) is 45.0 Å². The summed E-state index contributed by atoms with van der Waals surface area (Å²) in [6, 6.07) is 7.55. The molecule has 1 atom stereocenters. The molecular formula is C20H27N3O4. The van der Waals surface area contributed by atoms with E-state index >= 15 is 0 Å². The predicted octanol–water partition coefficient (Wildman–Crippen LogP) is 0.760. The second-order valence-corrected chi connectivity index (χ2v) is 7.17. The number of nitrogens with zero attached hydrogens (tertiary/aromatic N) is 2. The molecule has 2 amide bonds. The van der Waals surface area contributed by atoms with Crippen LogP contribution in [0.15, 0.2) is 24.3 Å². The van der Waals surface area contributed by atoms with E-state index in [0.717, 1.165) is 50.1 Å². The Morgan fingerprint density at radius 1 is 1.26 bits per heavy atom. The van der Waals surface area contributed by atoms with Gasteiger partial charge >= 0.3 is 0 Å². The normalized spacial score (nSPS) is 20.3. The Morgan fingerprint density at radius 3 is 2.56 bits per heavy atom. The highest BCUT2D eigenvalue weighted by Gasteiger charge is 2.30. The smallest absolute Gasteiger partial charge is 0.241 e. The topological polar surface area (TPSA) is 79.0 Å². The van der Waals surface area contributed by atoms with Crippen molar-refractivity contribution < 1.29 is 19.1 Å². The molecule has 7 heteroatoms. The van der Waals surface area contributed by atoms with Crippen LogP contribution >= 0.6 is 0 Å². The van der Waals surface area contributed by atoms with Crippen molar-refractivity contribution in [2.24, 2.45) is 0 Å². The summed E-state index contributed by atoms with van der Waals surface area (Å²) in [5.41, 5.74) is 1.82. The van der Waals surface area contributed by atoms with Crippen molar-refractivity contribution in [3.8, 4) is 0 Å². The summed E-state index contributed by atoms with van der Waals surface area (Å²) in [6.45, 7) is 4.95. The van der Waals surface area contributed by atoms with E-state index in [1.807, 2.05) is 29.2 Å². The van der Waals surface area contributed by atoms with Crippen LogP contribution in [-0.2, 0) is 25.5 Å². The number of ether oxygens (including phenoxy) is 1. The summed E-state index contributed by atoms with van der Waals surface area (Å²) in [4.78, 5) is 38.9. The van der Waals surface area contributed by atoms with Gasteiger partial charge in [0.25, 0.3) is 0 Å². The number of anilines is 1. The Hall–Kier alpha value is -2.25. The summed E-state index contributed by atoms with van der Waals surface area (Å²) in [5, 5.41) is 2.61. The average Bonchev–Trinajstić information content (AvgIpc) is 2.68. The lowest BCUT2D eigenvalue weighted by atomic mass is 10.0. The second kappa shape index (κ2) is 9.10. The molecule has 1 unspecified atom stereocenters. The Morgan fingerprint density at radius 2 is 1.96 bits per heavy atom. The molecule has 0 saturated carbocycles. The summed E-state index contributed by atoms with van der Waals surface area (Å²) >= 11 is 0. The lowest BCUT2D eigenvalue weighted by Gasteiger charge is -2.40. The molecule has 146 valence electrons. The summed E-state index contributed by atoms with van der Waals surface area (Å²) in [6.07, 6.45) is 3.17. The number of carbonyl (C=O) groups is 3. The number of benzene rings is 1. The van der Waals surface area contributed by atoms with Crippen molar-refractivity contribution in [1.29, 1.82) is 0 Å². The fourth-order valence-electron chi connectivity index (χ4n) is 3.79. The van der Waals surface area contributed by atoms with E-state index in [1.165, 1.54) is 6.92 Å². The van der Waals surface area contributed by atoms with Crippen molar-refractivity contribution in [3.63, 3.8) is 0 Å². The van der Waals surface area contributed by atoms with Crippen LogP contribution in [0.3, 0.4) is 0 Å². The zero-order valence-electron chi connectivity index (χ0n) is 15.7. The van der Waals surface area contributed by atoms with Crippen LogP contribution in [0, 0.1) is 0 Å². The SMILES string of the molecule is CC(=O)NC(C=O)Cc1ccc(N2CCN(C3CCOCC3)CC2=O)cc1. The van der Waals surface area contributed by atoms with Gasteiger partial charge in [-0.15, -0.1) is 0 Å². The molecule has 7 nitrogen and oxygen atoms in total. The van der Waals surface area contributed by atoms with Gasteiger partial charge in [-0.3, -0.25) is 14.5 Å². The van der Waals surface area contributed by atoms with Crippen LogP contribution in [0.5, 0.6) is 0 Å². The Bertz CT molecular complexity index is 670. The van der Waals surface area contributed by atoms with Gasteiger partial charge in [-0.1, -0.05) is 12.1 Å². The molecular weight excluding hydrogens is 346 g/mol. The van der Waals surface area contributed by atoms with Crippen molar-refractivity contribution in [2.75, 3.05) is 37.7 Å². The summed E-state index contributed by atoms with van der Waals surface area (Å²) < 4.78 is 5.41. The molecule has 0 spiro atoms. The van der Waals surface area contributed by atoms with Gasteiger partial charge in [0.15, 0.2) is 0 Å². The maximum atomic E-state index is 12.6. The summed E-state index contributed by atoms with van der Waals surface area (Å²) in [5.74, 6) is -0.110. The lowest BCUT2D eigenvalue weighted by molar-refractivity contribution is -0.123. The molecule has 27 heavy (non-hydrogen) atoms. The molecule has 2 fully saturated rings. The van der Waals surface area contributed by atoms with Crippen molar-refractivity contribution in [1.82, 2.24) is 10.2 Å². The molecule has 2 saturated heterocycles. The largest absolute Gasteiger partial charge is 0.381 e. The van der Waals surface area contributed by atoms with E-state index < -0.39 is 6.04 Å². The van der Waals surface area contributed by atoms with Crippen molar-refractivity contribution in [3.05, 3.63) is 29.8 Å². The number of hydrogen-bond acceptors (Lipinski definition) is 5. The molecule has 0 aliphatic carbocycles. The van der Waals surface area contributed by atoms with Crippen LogP contribution < -0.4 is 10.2 Å². The zero-order valence-corrected chi connectivity index (χ0v) is 15.7. The molecule has 1 N–H and O–H groups in total. The number of hydrogen-bond donors (Lipinski definition) is 1. The van der Waals surface area contributed by atoms with Crippen LogP contribution in [-0.4, -0.2) is 67.9 Å². The molecule has 0 radical (unpaired) electrons. The fraction of sp³-hybridized carbons (Fsp3) is 0.550. The number of amides is 2. The van der Waals surface area contributed by atoms with Crippen LogP contribution in [0.1, 0.15) is 25.3 Å². The van der Waals surface area contributed by atoms with Gasteiger partial charge in [-0.25, -0.2) is 0 Å². The highest BCUT2D eigenvalue weighted by molar-refractivity contribution is 5.95. The number of piperazine rings is 1. The third-order valence-corrected chi connectivity index (χ3v) is 5.21. The first-order chi connectivity index (χ1) is 13.1. The molecule has 3 rings (SSSR count). The number of nitrogens with one attached hydrogen (secondary N) is 1. The van der Waals surface area contributed by atoms with Gasteiger partial charge < -0.3 is 19.7 Å². The van der Waals surface area contributed by atoms with Gasteiger partial charge in [0.1, 0.15) is 6.29 Å². The van der Waals surface area contributed by atoms with Gasteiger partial charge in [-0.2, -0.15) is 0 Å². The summed E-state index contributed by atoms with van der Waals surface area (Å²) in [7, 11) is 0. The van der Waals surface area contributed by atoms with E-state index in [2.05, 4.69) is 10.2 Å². The van der Waals surface area contributed by atoms with Crippen molar-refractivity contribution in [2.45, 2.75) is 38.3 Å². The third kappa shape index (κ3) is 5.14. The Balaban J connectivity index is 1.58. The number of rotatable bonds is 6. The van der Waals surface area contributed by atoms with Gasteiger partial charge in [0.2, 0.25) is 11.8 Å². The van der Waals surface area contributed by atoms with E-state index in [0.29, 0.717) is 25.6 Å². The van der Waals surface area contributed by atoms with Crippen molar-refractivity contribution >= 4 is 23.8 Å². The standard InChI is InChI=1S/C20H27N3O4/c1-15(25)21-17(14-24)12-16-2-4-19(5-3-16)23-9-8-22(13-20(23)26)18-6-10-27-11-7-18/h2-5,14,17-18H,6-13H2,1H3,(H,21,25). The first kappa shape index (κ1) is 19.5. The highest BCUT2D eigenvalue weighted by atomic mass is 16.5. The minimum Gasteiger partial charge on any atom is -0.381 e. The monoisotopic (exact) mass is 373 g/mol. The van der Waals surface area contributed by atoms with Gasteiger partial charge in [0.05, 0.1) is 12.6 Å². The predicted molar refractivity (Wildman–Crippen MR) is 102 cm³/mol. The maximum absolute atomic E-state index is 12.6. The molecule has 2 aliphatic rings. The first-order valence-electron chi connectivity index (χ1n) is 9.50. The maximum Gasteiger partial charge on any atom is 0.241 e. The minimum atomic E-state index is -0.530. The molecule has 1 aromatic carbocycles. The zero-order chi connectivity index (χ0) is 19.2. The van der Waals surface area contributed by atoms with E-state index in [-0.39, 0.29) is 11.8 Å². The van der Waals surface area contributed by atoms with Crippen LogP contribution in [0.2, 0.25) is 0 Å². The number of aldehydes is 1. The lowest BCUT2D eigenvalue weighted by Crippen LogP contribution is -2.54. The molecule has 1 aromatic rings. The average molecular weight is 373 g/mol. The molecule has 2 heterocycles. The Labute approximate surface area is 159 Å². The molecule has 2 aliphatic heterocycles. The Kier molecular flexibility index (Phi) is 6.58. The fourth-order valence-corrected chi connectivity index (χ4v) is 3.79. The number of carbonyl (C=O) groups excluding carboxylic acids is 3. The van der Waals surface area contributed by atoms with E-state index in [4.69, 9.17) is 4.74 Å². The first-order valence-corrected chi connectivity index (χ1v) is 9.50. The molecule has 0 aromatic heterocycles. The third-order valence-electron chi connectivity index (χ3n) is 5.21. The molecule has 0 bridgehead atoms. The second-order valence-electron chi connectivity index (χ2n) is 7.17. The quantitative estimate of drug-likeness (QED) is 0.745.